The average Bonchev–Trinajstić information content (AvgIpc) is 2.38. The van der Waals surface area contributed by atoms with Crippen molar-refractivity contribution in [2.45, 2.75) is 19.8 Å². The van der Waals surface area contributed by atoms with Crippen LogP contribution in [0, 0.1) is 6.92 Å². The summed E-state index contributed by atoms with van der Waals surface area (Å²) < 4.78 is 0. The molecule has 0 bridgehead atoms. The second-order valence-corrected chi connectivity index (χ2v) is 4.51. The smallest absolute Gasteiger partial charge is 0.335 e. The Labute approximate surface area is 107 Å². The molecule has 2 aromatic rings. The molecule has 0 aliphatic carbocycles. The van der Waals surface area contributed by atoms with E-state index < -0.39 is 5.97 Å². The largest absolute Gasteiger partial charge is 0.478 e. The standard InChI is InChI=1S/C16H16O2/c1-11-10-14(8-9-15(11)16(17)18)12(2)13-6-4-3-5-7-13/h3-10,12H,1-2H3,(H,17,18). The van der Waals surface area contributed by atoms with Crippen LogP contribution in [-0.2, 0) is 0 Å². The van der Waals surface area contributed by atoms with Crippen molar-refractivity contribution in [2.75, 3.05) is 0 Å². The summed E-state index contributed by atoms with van der Waals surface area (Å²) >= 11 is 0. The van der Waals surface area contributed by atoms with Gasteiger partial charge in [0.25, 0.3) is 0 Å². The van der Waals surface area contributed by atoms with E-state index in [0.29, 0.717) is 5.56 Å². The molecule has 0 aliphatic rings. The Bertz CT molecular complexity index is 559. The lowest BCUT2D eigenvalue weighted by Gasteiger charge is -2.14. The van der Waals surface area contributed by atoms with Crippen LogP contribution in [0.4, 0.5) is 0 Å². The molecule has 0 saturated carbocycles. The van der Waals surface area contributed by atoms with Gasteiger partial charge in [-0.05, 0) is 29.7 Å². The lowest BCUT2D eigenvalue weighted by molar-refractivity contribution is 0.0696. The van der Waals surface area contributed by atoms with E-state index in [-0.39, 0.29) is 5.92 Å². The molecule has 0 fully saturated rings. The van der Waals surface area contributed by atoms with Crippen molar-refractivity contribution >= 4 is 5.97 Å². The quantitative estimate of drug-likeness (QED) is 0.884. The fraction of sp³-hybridized carbons (Fsp3) is 0.188. The molecule has 0 spiro atoms. The minimum Gasteiger partial charge on any atom is -0.478 e. The third-order valence-corrected chi connectivity index (χ3v) is 3.28. The lowest BCUT2D eigenvalue weighted by atomic mass is 9.91. The molecule has 18 heavy (non-hydrogen) atoms. The van der Waals surface area contributed by atoms with Crippen LogP contribution in [0.1, 0.15) is 39.9 Å². The third-order valence-electron chi connectivity index (χ3n) is 3.28. The maximum atomic E-state index is 11.0. The van der Waals surface area contributed by atoms with E-state index in [2.05, 4.69) is 19.1 Å². The minimum absolute atomic E-state index is 0.271. The SMILES string of the molecule is Cc1cc(C(C)c2ccccc2)ccc1C(=O)O. The summed E-state index contributed by atoms with van der Waals surface area (Å²) in [5.74, 6) is -0.598. The molecule has 0 amide bonds. The van der Waals surface area contributed by atoms with Crippen molar-refractivity contribution in [3.05, 3.63) is 70.8 Å². The van der Waals surface area contributed by atoms with Gasteiger partial charge < -0.3 is 5.11 Å². The number of hydrogen-bond donors (Lipinski definition) is 1. The Kier molecular flexibility index (Phi) is 3.47. The number of carbonyl (C=O) groups is 1. The Balaban J connectivity index is 2.35. The van der Waals surface area contributed by atoms with E-state index in [9.17, 15) is 4.79 Å². The van der Waals surface area contributed by atoms with Gasteiger partial charge in [-0.15, -0.1) is 0 Å². The van der Waals surface area contributed by atoms with E-state index in [1.807, 2.05) is 37.3 Å². The zero-order valence-electron chi connectivity index (χ0n) is 10.6. The van der Waals surface area contributed by atoms with Crippen molar-refractivity contribution in [2.24, 2.45) is 0 Å². The van der Waals surface area contributed by atoms with Crippen molar-refractivity contribution in [3.63, 3.8) is 0 Å². The molecule has 2 rings (SSSR count). The first-order valence-corrected chi connectivity index (χ1v) is 5.98. The lowest BCUT2D eigenvalue weighted by Crippen LogP contribution is -2.02. The van der Waals surface area contributed by atoms with Gasteiger partial charge in [0.05, 0.1) is 5.56 Å². The molecule has 2 aromatic carbocycles. The van der Waals surface area contributed by atoms with Gasteiger partial charge in [0, 0.05) is 5.92 Å². The molecule has 0 radical (unpaired) electrons. The minimum atomic E-state index is -0.869. The van der Waals surface area contributed by atoms with Gasteiger partial charge in [-0.1, -0.05) is 49.4 Å². The van der Waals surface area contributed by atoms with Crippen LogP contribution in [0.15, 0.2) is 48.5 Å². The summed E-state index contributed by atoms with van der Waals surface area (Å²) in [4.78, 5) is 11.0. The maximum absolute atomic E-state index is 11.0. The van der Waals surface area contributed by atoms with Crippen molar-refractivity contribution < 1.29 is 9.90 Å². The van der Waals surface area contributed by atoms with E-state index in [1.54, 1.807) is 6.07 Å². The van der Waals surface area contributed by atoms with Crippen LogP contribution in [0.2, 0.25) is 0 Å². The highest BCUT2D eigenvalue weighted by Crippen LogP contribution is 2.25. The molecule has 92 valence electrons. The number of carboxylic acid groups (broad SMARTS) is 1. The molecule has 2 heteroatoms. The molecular formula is C16H16O2. The highest BCUT2D eigenvalue weighted by Gasteiger charge is 2.12. The second-order valence-electron chi connectivity index (χ2n) is 4.51. The number of benzene rings is 2. The highest BCUT2D eigenvalue weighted by atomic mass is 16.4. The average molecular weight is 240 g/mol. The van der Waals surface area contributed by atoms with Crippen LogP contribution in [0.5, 0.6) is 0 Å². The van der Waals surface area contributed by atoms with Crippen LogP contribution in [0.3, 0.4) is 0 Å². The molecule has 0 aromatic heterocycles. The third kappa shape index (κ3) is 2.43. The topological polar surface area (TPSA) is 37.3 Å². The summed E-state index contributed by atoms with van der Waals surface area (Å²) in [5.41, 5.74) is 3.56. The molecule has 1 atom stereocenters. The molecule has 0 aliphatic heterocycles. The highest BCUT2D eigenvalue weighted by molar-refractivity contribution is 5.89. The molecule has 0 heterocycles. The second kappa shape index (κ2) is 5.05. The van der Waals surface area contributed by atoms with Gasteiger partial charge >= 0.3 is 5.97 Å². The van der Waals surface area contributed by atoms with Gasteiger partial charge in [0.15, 0.2) is 0 Å². The first-order chi connectivity index (χ1) is 8.59. The van der Waals surface area contributed by atoms with Gasteiger partial charge in [-0.2, -0.15) is 0 Å². The van der Waals surface area contributed by atoms with Crippen molar-refractivity contribution in [1.29, 1.82) is 0 Å². The number of aromatic carboxylic acids is 1. The van der Waals surface area contributed by atoms with E-state index in [1.165, 1.54) is 5.56 Å². The summed E-state index contributed by atoms with van der Waals surface area (Å²) in [5, 5.41) is 9.01. The van der Waals surface area contributed by atoms with Crippen LogP contribution in [-0.4, -0.2) is 11.1 Å². The predicted molar refractivity (Wildman–Crippen MR) is 72.1 cm³/mol. The number of aryl methyl sites for hydroxylation is 1. The van der Waals surface area contributed by atoms with Crippen molar-refractivity contribution in [1.82, 2.24) is 0 Å². The Morgan fingerprint density at radius 3 is 2.28 bits per heavy atom. The summed E-state index contributed by atoms with van der Waals surface area (Å²) in [6.45, 7) is 3.97. The molecule has 2 nitrogen and oxygen atoms in total. The van der Waals surface area contributed by atoms with Crippen molar-refractivity contribution in [3.8, 4) is 0 Å². The van der Waals surface area contributed by atoms with Crippen LogP contribution >= 0.6 is 0 Å². The monoisotopic (exact) mass is 240 g/mol. The first-order valence-electron chi connectivity index (χ1n) is 5.98. The molecule has 0 saturated heterocycles. The van der Waals surface area contributed by atoms with Gasteiger partial charge in [-0.3, -0.25) is 0 Å². The molecule has 1 N–H and O–H groups in total. The van der Waals surface area contributed by atoms with E-state index in [0.717, 1.165) is 11.1 Å². The predicted octanol–water partition coefficient (Wildman–Crippen LogP) is 3.85. The zero-order chi connectivity index (χ0) is 13.1. The Morgan fingerprint density at radius 1 is 1.06 bits per heavy atom. The number of hydrogen-bond acceptors (Lipinski definition) is 1. The van der Waals surface area contributed by atoms with Gasteiger partial charge in [0.1, 0.15) is 0 Å². The fourth-order valence-corrected chi connectivity index (χ4v) is 2.13. The Morgan fingerprint density at radius 2 is 1.72 bits per heavy atom. The van der Waals surface area contributed by atoms with Gasteiger partial charge in [0.2, 0.25) is 0 Å². The van der Waals surface area contributed by atoms with Crippen LogP contribution in [0.25, 0.3) is 0 Å². The maximum Gasteiger partial charge on any atom is 0.335 e. The fourth-order valence-electron chi connectivity index (χ4n) is 2.13. The summed E-state index contributed by atoms with van der Waals surface area (Å²) in [7, 11) is 0. The number of carboxylic acids is 1. The normalized spacial score (nSPS) is 12.1. The summed E-state index contributed by atoms with van der Waals surface area (Å²) in [6.07, 6.45) is 0. The van der Waals surface area contributed by atoms with Crippen LogP contribution < -0.4 is 0 Å². The zero-order valence-corrected chi connectivity index (χ0v) is 10.6. The number of rotatable bonds is 3. The Hall–Kier alpha value is -2.09. The molecular weight excluding hydrogens is 224 g/mol. The van der Waals surface area contributed by atoms with Gasteiger partial charge in [-0.25, -0.2) is 4.79 Å². The summed E-state index contributed by atoms with van der Waals surface area (Å²) in [6, 6.07) is 15.8. The van der Waals surface area contributed by atoms with E-state index >= 15 is 0 Å². The first kappa shape index (κ1) is 12.4. The molecule has 1 unspecified atom stereocenters. The van der Waals surface area contributed by atoms with E-state index in [4.69, 9.17) is 5.11 Å².